The number of nitrogens with zero attached hydrogens (tertiary/aromatic N) is 4. The minimum absolute atomic E-state index is 0.167. The number of aryl methyl sites for hydroxylation is 2. The van der Waals surface area contributed by atoms with Gasteiger partial charge in [0.15, 0.2) is 5.82 Å². The van der Waals surface area contributed by atoms with E-state index in [0.717, 1.165) is 22.9 Å². The van der Waals surface area contributed by atoms with Crippen LogP contribution in [0.2, 0.25) is 0 Å². The highest BCUT2D eigenvalue weighted by molar-refractivity contribution is 6.13. The summed E-state index contributed by atoms with van der Waals surface area (Å²) in [4.78, 5) is 27.1. The number of carbonyl (C=O) groups is 1. The number of carbonyl (C=O) groups excluding carboxylic acids is 1. The molecule has 5 nitrogen and oxygen atoms in total. The SMILES string of the molecule is Cc1cc(N2C(=O)C(C)(C)c3ccc(-c4cnc(C)nc4)cc32)c(F)cn1. The van der Waals surface area contributed by atoms with Crippen molar-refractivity contribution in [3.8, 4) is 11.1 Å². The summed E-state index contributed by atoms with van der Waals surface area (Å²) in [5.41, 5.74) is 3.36. The maximum Gasteiger partial charge on any atom is 0.241 e. The van der Waals surface area contributed by atoms with Crippen molar-refractivity contribution in [3.63, 3.8) is 0 Å². The quantitative estimate of drug-likeness (QED) is 0.684. The lowest BCUT2D eigenvalue weighted by Crippen LogP contribution is -2.33. The zero-order valence-electron chi connectivity index (χ0n) is 15.6. The Kier molecular flexibility index (Phi) is 3.80. The van der Waals surface area contributed by atoms with Gasteiger partial charge >= 0.3 is 0 Å². The summed E-state index contributed by atoms with van der Waals surface area (Å²) in [5, 5.41) is 0. The molecule has 1 aliphatic heterocycles. The lowest BCUT2D eigenvalue weighted by Gasteiger charge is -2.21. The van der Waals surface area contributed by atoms with Crippen LogP contribution in [-0.2, 0) is 10.2 Å². The zero-order chi connectivity index (χ0) is 19.3. The summed E-state index contributed by atoms with van der Waals surface area (Å²) in [6, 6.07) is 7.36. The molecule has 0 bridgehead atoms. The average Bonchev–Trinajstić information content (AvgIpc) is 2.84. The second kappa shape index (κ2) is 5.94. The van der Waals surface area contributed by atoms with E-state index < -0.39 is 11.2 Å². The highest BCUT2D eigenvalue weighted by Gasteiger charge is 2.45. The Morgan fingerprint density at radius 3 is 2.33 bits per heavy atom. The molecule has 2 aromatic heterocycles. The van der Waals surface area contributed by atoms with E-state index in [1.165, 1.54) is 4.90 Å². The van der Waals surface area contributed by atoms with Crippen molar-refractivity contribution in [3.05, 3.63) is 65.8 Å². The molecule has 0 unspecified atom stereocenters. The molecule has 0 saturated heterocycles. The predicted molar refractivity (Wildman–Crippen MR) is 101 cm³/mol. The second-order valence-corrected chi connectivity index (χ2v) is 7.29. The number of amides is 1. The second-order valence-electron chi connectivity index (χ2n) is 7.29. The number of hydrogen-bond donors (Lipinski definition) is 0. The smallest absolute Gasteiger partial charge is 0.241 e. The van der Waals surface area contributed by atoms with Gasteiger partial charge in [0.25, 0.3) is 0 Å². The summed E-state index contributed by atoms with van der Waals surface area (Å²) in [6.07, 6.45) is 4.64. The molecular weight excluding hydrogens is 343 g/mol. The molecule has 3 aromatic rings. The van der Waals surface area contributed by atoms with Gasteiger partial charge in [-0.2, -0.15) is 0 Å². The molecule has 3 heterocycles. The Hall–Kier alpha value is -3.15. The molecule has 1 aliphatic rings. The molecule has 0 fully saturated rings. The fourth-order valence-corrected chi connectivity index (χ4v) is 3.41. The molecule has 1 aromatic carbocycles. The van der Waals surface area contributed by atoms with Gasteiger partial charge < -0.3 is 0 Å². The summed E-state index contributed by atoms with van der Waals surface area (Å²) in [6.45, 7) is 7.31. The molecule has 0 spiro atoms. The molecule has 4 rings (SSSR count). The summed E-state index contributed by atoms with van der Waals surface area (Å²) in [5.74, 6) is -0.00634. The minimum Gasteiger partial charge on any atom is -0.277 e. The van der Waals surface area contributed by atoms with Gasteiger partial charge in [0.2, 0.25) is 5.91 Å². The number of halogens is 1. The third-order valence-electron chi connectivity index (χ3n) is 4.98. The van der Waals surface area contributed by atoms with Crippen molar-refractivity contribution in [2.45, 2.75) is 33.1 Å². The summed E-state index contributed by atoms with van der Waals surface area (Å²) < 4.78 is 14.5. The van der Waals surface area contributed by atoms with Crippen LogP contribution in [0.5, 0.6) is 0 Å². The van der Waals surface area contributed by atoms with Gasteiger partial charge in [-0.25, -0.2) is 14.4 Å². The standard InChI is InChI=1S/C21H19FN4O/c1-12-7-19(17(22)11-23-12)26-18-8-14(15-9-24-13(2)25-10-15)5-6-16(18)21(3,4)20(26)27/h5-11H,1-4H3. The molecule has 6 heteroatoms. The molecule has 27 heavy (non-hydrogen) atoms. The lowest BCUT2D eigenvalue weighted by molar-refractivity contribution is -0.121. The van der Waals surface area contributed by atoms with Crippen LogP contribution in [0, 0.1) is 19.7 Å². The fourth-order valence-electron chi connectivity index (χ4n) is 3.41. The molecule has 1 amide bonds. The van der Waals surface area contributed by atoms with E-state index >= 15 is 0 Å². The van der Waals surface area contributed by atoms with E-state index in [-0.39, 0.29) is 11.6 Å². The van der Waals surface area contributed by atoms with E-state index in [9.17, 15) is 9.18 Å². The first-order chi connectivity index (χ1) is 12.8. The van der Waals surface area contributed by atoms with E-state index in [0.29, 0.717) is 17.2 Å². The van der Waals surface area contributed by atoms with E-state index in [4.69, 9.17) is 0 Å². The van der Waals surface area contributed by atoms with Crippen LogP contribution in [0.15, 0.2) is 42.9 Å². The Morgan fingerprint density at radius 1 is 0.926 bits per heavy atom. The van der Waals surface area contributed by atoms with Crippen molar-refractivity contribution in [1.29, 1.82) is 0 Å². The molecule has 0 radical (unpaired) electrons. The number of hydrogen-bond acceptors (Lipinski definition) is 4. The number of pyridine rings is 1. The van der Waals surface area contributed by atoms with Crippen LogP contribution in [-0.4, -0.2) is 20.9 Å². The highest BCUT2D eigenvalue weighted by atomic mass is 19.1. The van der Waals surface area contributed by atoms with Gasteiger partial charge in [0.05, 0.1) is 23.0 Å². The monoisotopic (exact) mass is 362 g/mol. The van der Waals surface area contributed by atoms with Crippen molar-refractivity contribution in [2.24, 2.45) is 0 Å². The number of fused-ring (bicyclic) bond motifs is 1. The van der Waals surface area contributed by atoms with E-state index in [1.807, 2.05) is 39.0 Å². The third kappa shape index (κ3) is 2.68. The average molecular weight is 362 g/mol. The van der Waals surface area contributed by atoms with Gasteiger partial charge in [-0.1, -0.05) is 12.1 Å². The maximum atomic E-state index is 14.5. The molecule has 0 saturated carbocycles. The Labute approximate surface area is 156 Å². The number of aromatic nitrogens is 3. The van der Waals surface area contributed by atoms with Crippen LogP contribution in [0.1, 0.15) is 30.9 Å². The first-order valence-corrected chi connectivity index (χ1v) is 8.69. The van der Waals surface area contributed by atoms with Crippen LogP contribution < -0.4 is 4.90 Å². The third-order valence-corrected chi connectivity index (χ3v) is 4.98. The molecular formula is C21H19FN4O. The van der Waals surface area contributed by atoms with Gasteiger partial charge in [-0.15, -0.1) is 0 Å². The molecule has 0 aliphatic carbocycles. The fraction of sp³-hybridized carbons (Fsp3) is 0.238. The zero-order valence-corrected chi connectivity index (χ0v) is 15.6. The van der Waals surface area contributed by atoms with Gasteiger partial charge in [0, 0.05) is 23.7 Å². The Morgan fingerprint density at radius 2 is 1.63 bits per heavy atom. The summed E-state index contributed by atoms with van der Waals surface area (Å²) >= 11 is 0. The Balaban J connectivity index is 1.92. The first-order valence-electron chi connectivity index (χ1n) is 8.69. The number of benzene rings is 1. The van der Waals surface area contributed by atoms with Gasteiger partial charge in [-0.05, 0) is 51.0 Å². The van der Waals surface area contributed by atoms with Crippen LogP contribution >= 0.6 is 0 Å². The topological polar surface area (TPSA) is 59.0 Å². The van der Waals surface area contributed by atoms with Gasteiger partial charge in [-0.3, -0.25) is 14.7 Å². The Bertz CT molecular complexity index is 1060. The van der Waals surface area contributed by atoms with Crippen LogP contribution in [0.25, 0.3) is 11.1 Å². The van der Waals surface area contributed by atoms with Crippen molar-refractivity contribution < 1.29 is 9.18 Å². The van der Waals surface area contributed by atoms with Crippen molar-refractivity contribution in [2.75, 3.05) is 4.90 Å². The molecule has 0 atom stereocenters. The number of anilines is 2. The highest BCUT2D eigenvalue weighted by Crippen LogP contribution is 2.47. The van der Waals surface area contributed by atoms with E-state index in [2.05, 4.69) is 15.0 Å². The lowest BCUT2D eigenvalue weighted by atomic mass is 9.85. The van der Waals surface area contributed by atoms with Crippen LogP contribution in [0.4, 0.5) is 15.8 Å². The summed E-state index contributed by atoms with van der Waals surface area (Å²) in [7, 11) is 0. The van der Waals surface area contributed by atoms with Crippen LogP contribution in [0.3, 0.4) is 0 Å². The molecule has 0 N–H and O–H groups in total. The maximum absolute atomic E-state index is 14.5. The first kappa shape index (κ1) is 17.3. The molecule has 136 valence electrons. The predicted octanol–water partition coefficient (Wildman–Crippen LogP) is 4.25. The number of rotatable bonds is 2. The van der Waals surface area contributed by atoms with Crippen molar-refractivity contribution >= 4 is 17.3 Å². The minimum atomic E-state index is -0.749. The van der Waals surface area contributed by atoms with Crippen molar-refractivity contribution in [1.82, 2.24) is 15.0 Å². The van der Waals surface area contributed by atoms with Gasteiger partial charge in [0.1, 0.15) is 5.82 Å². The normalized spacial score (nSPS) is 15.1. The van der Waals surface area contributed by atoms with E-state index in [1.54, 1.807) is 25.4 Å². The largest absolute Gasteiger partial charge is 0.277 e.